The van der Waals surface area contributed by atoms with Gasteiger partial charge in [0.05, 0.1) is 12.1 Å². The quantitative estimate of drug-likeness (QED) is 0.773. The van der Waals surface area contributed by atoms with Crippen molar-refractivity contribution in [2.75, 3.05) is 7.11 Å². The predicted octanol–water partition coefficient (Wildman–Crippen LogP) is 3.51. The molecule has 16 heavy (non-hydrogen) atoms. The molecule has 2 nitrogen and oxygen atoms in total. The van der Waals surface area contributed by atoms with E-state index in [0.717, 1.165) is 11.1 Å². The molecule has 0 saturated carbocycles. The molecule has 0 saturated heterocycles. The normalized spacial score (nSPS) is 11.6. The van der Waals surface area contributed by atoms with Crippen molar-refractivity contribution >= 4 is 10.9 Å². The summed E-state index contributed by atoms with van der Waals surface area (Å²) >= 11 is 0. The molecule has 0 atom stereocenters. The van der Waals surface area contributed by atoms with E-state index >= 15 is 0 Å². The number of methoxy groups -OCH3 is 1. The molecule has 2 rings (SSSR count). The van der Waals surface area contributed by atoms with Gasteiger partial charge in [0.25, 0.3) is 0 Å². The second-order valence-electron chi connectivity index (χ2n) is 4.22. The molecule has 2 aromatic rings. The highest BCUT2D eigenvalue weighted by Gasteiger charge is 2.13. The third kappa shape index (κ3) is 1.71. The minimum atomic E-state index is -0.177. The van der Waals surface area contributed by atoms with Crippen LogP contribution in [0.25, 0.3) is 10.9 Å². The molecule has 0 aliphatic heterocycles. The molecule has 0 aliphatic rings. The van der Waals surface area contributed by atoms with Gasteiger partial charge in [-0.3, -0.25) is 0 Å². The fraction of sp³-hybridized carbons (Fsp3) is 0.385. The number of hydrogen-bond donors (Lipinski definition) is 0. The van der Waals surface area contributed by atoms with Crippen LogP contribution in [0.1, 0.15) is 25.5 Å². The van der Waals surface area contributed by atoms with Gasteiger partial charge in [0.15, 0.2) is 0 Å². The van der Waals surface area contributed by atoms with Crippen molar-refractivity contribution < 1.29 is 9.13 Å². The first-order chi connectivity index (χ1) is 7.65. The minimum Gasteiger partial charge on any atom is -0.380 e. The summed E-state index contributed by atoms with van der Waals surface area (Å²) in [5.74, 6) is -0.177. The number of hydrogen-bond acceptors (Lipinski definition) is 1. The van der Waals surface area contributed by atoms with Gasteiger partial charge in [0.1, 0.15) is 5.82 Å². The van der Waals surface area contributed by atoms with Crippen LogP contribution in [0.3, 0.4) is 0 Å². The van der Waals surface area contributed by atoms with E-state index in [4.69, 9.17) is 4.74 Å². The van der Waals surface area contributed by atoms with E-state index in [2.05, 4.69) is 18.4 Å². The highest BCUT2D eigenvalue weighted by molar-refractivity contribution is 5.84. The number of nitrogens with zero attached hydrogens (tertiary/aromatic N) is 1. The summed E-state index contributed by atoms with van der Waals surface area (Å²) in [7, 11) is 1.62. The first-order valence-corrected chi connectivity index (χ1v) is 5.42. The molecule has 0 N–H and O–H groups in total. The minimum absolute atomic E-state index is 0.177. The molecule has 1 aromatic carbocycles. The summed E-state index contributed by atoms with van der Waals surface area (Å²) in [6.45, 7) is 4.61. The average molecular weight is 221 g/mol. The highest BCUT2D eigenvalue weighted by Crippen LogP contribution is 2.27. The molecule has 1 aromatic heterocycles. The Kier molecular flexibility index (Phi) is 2.97. The average Bonchev–Trinajstić information content (AvgIpc) is 2.59. The maximum atomic E-state index is 13.8. The third-order valence-corrected chi connectivity index (χ3v) is 2.74. The van der Waals surface area contributed by atoms with Crippen LogP contribution in [0.2, 0.25) is 0 Å². The summed E-state index contributed by atoms with van der Waals surface area (Å²) in [5.41, 5.74) is 1.84. The molecular weight excluding hydrogens is 205 g/mol. The van der Waals surface area contributed by atoms with Crippen molar-refractivity contribution in [2.24, 2.45) is 0 Å². The highest BCUT2D eigenvalue weighted by atomic mass is 19.1. The van der Waals surface area contributed by atoms with Crippen molar-refractivity contribution in [3.8, 4) is 0 Å². The first kappa shape index (κ1) is 11.1. The summed E-state index contributed by atoms with van der Waals surface area (Å²) in [4.78, 5) is 0. The number of aromatic nitrogens is 1. The summed E-state index contributed by atoms with van der Waals surface area (Å²) in [6, 6.07) is 5.49. The lowest BCUT2D eigenvalue weighted by Gasteiger charge is -2.08. The number of rotatable bonds is 3. The van der Waals surface area contributed by atoms with Crippen molar-refractivity contribution in [1.82, 2.24) is 4.57 Å². The lowest BCUT2D eigenvalue weighted by molar-refractivity contribution is 0.185. The van der Waals surface area contributed by atoms with Gasteiger partial charge in [0.2, 0.25) is 0 Å². The Balaban J connectivity index is 2.71. The van der Waals surface area contributed by atoms with E-state index in [1.165, 1.54) is 6.07 Å². The molecule has 0 fully saturated rings. The van der Waals surface area contributed by atoms with Gasteiger partial charge < -0.3 is 9.30 Å². The van der Waals surface area contributed by atoms with E-state index in [9.17, 15) is 4.39 Å². The maximum absolute atomic E-state index is 13.8. The van der Waals surface area contributed by atoms with Crippen LogP contribution in [0.5, 0.6) is 0 Å². The van der Waals surface area contributed by atoms with Gasteiger partial charge in [0, 0.05) is 30.3 Å². The van der Waals surface area contributed by atoms with Gasteiger partial charge in [-0.2, -0.15) is 0 Å². The Bertz CT molecular complexity index is 502. The molecule has 0 amide bonds. The molecule has 1 heterocycles. The Hall–Kier alpha value is -1.35. The van der Waals surface area contributed by atoms with Crippen molar-refractivity contribution in [3.63, 3.8) is 0 Å². The standard InChI is InChI=1S/C13H16FNO/c1-9(2)15-7-10(8-16-3)13-11(14)5-4-6-12(13)15/h4-7,9H,8H2,1-3H3. The fourth-order valence-corrected chi connectivity index (χ4v) is 2.04. The van der Waals surface area contributed by atoms with Crippen LogP contribution in [-0.4, -0.2) is 11.7 Å². The maximum Gasteiger partial charge on any atom is 0.132 e. The Labute approximate surface area is 94.6 Å². The van der Waals surface area contributed by atoms with Gasteiger partial charge >= 0.3 is 0 Å². The largest absolute Gasteiger partial charge is 0.380 e. The Morgan fingerprint density at radius 3 is 2.75 bits per heavy atom. The van der Waals surface area contributed by atoms with E-state index in [1.807, 2.05) is 12.3 Å². The number of fused-ring (bicyclic) bond motifs is 1. The summed E-state index contributed by atoms with van der Waals surface area (Å²) in [5, 5.41) is 0.679. The van der Waals surface area contributed by atoms with Gasteiger partial charge in [-0.1, -0.05) is 6.07 Å². The Morgan fingerprint density at radius 2 is 2.12 bits per heavy atom. The van der Waals surface area contributed by atoms with Crippen molar-refractivity contribution in [1.29, 1.82) is 0 Å². The third-order valence-electron chi connectivity index (χ3n) is 2.74. The zero-order valence-corrected chi connectivity index (χ0v) is 9.83. The van der Waals surface area contributed by atoms with E-state index in [1.54, 1.807) is 13.2 Å². The van der Waals surface area contributed by atoms with Crippen LogP contribution in [0.4, 0.5) is 4.39 Å². The molecule has 0 radical (unpaired) electrons. The van der Waals surface area contributed by atoms with Crippen LogP contribution in [0.15, 0.2) is 24.4 Å². The van der Waals surface area contributed by atoms with Gasteiger partial charge in [-0.15, -0.1) is 0 Å². The van der Waals surface area contributed by atoms with Crippen LogP contribution in [-0.2, 0) is 11.3 Å². The van der Waals surface area contributed by atoms with Crippen molar-refractivity contribution in [3.05, 3.63) is 35.8 Å². The number of halogens is 1. The van der Waals surface area contributed by atoms with E-state index < -0.39 is 0 Å². The monoisotopic (exact) mass is 221 g/mol. The zero-order chi connectivity index (χ0) is 11.7. The predicted molar refractivity (Wildman–Crippen MR) is 63.0 cm³/mol. The van der Waals surface area contributed by atoms with E-state index in [-0.39, 0.29) is 5.82 Å². The van der Waals surface area contributed by atoms with Crippen LogP contribution in [0, 0.1) is 5.82 Å². The number of ether oxygens (including phenoxy) is 1. The van der Waals surface area contributed by atoms with Crippen LogP contribution >= 0.6 is 0 Å². The molecule has 0 bridgehead atoms. The molecule has 86 valence electrons. The van der Waals surface area contributed by atoms with Gasteiger partial charge in [-0.05, 0) is 26.0 Å². The van der Waals surface area contributed by atoms with Crippen molar-refractivity contribution in [2.45, 2.75) is 26.5 Å². The molecule has 0 unspecified atom stereocenters. The molecule has 3 heteroatoms. The fourth-order valence-electron chi connectivity index (χ4n) is 2.04. The van der Waals surface area contributed by atoms with Gasteiger partial charge in [-0.25, -0.2) is 4.39 Å². The smallest absolute Gasteiger partial charge is 0.132 e. The molecule has 0 spiro atoms. The lowest BCUT2D eigenvalue weighted by atomic mass is 10.2. The zero-order valence-electron chi connectivity index (χ0n) is 9.83. The number of benzene rings is 1. The SMILES string of the molecule is COCc1cn(C(C)C)c2cccc(F)c12. The molecule has 0 aliphatic carbocycles. The lowest BCUT2D eigenvalue weighted by Crippen LogP contribution is -1.98. The van der Waals surface area contributed by atoms with E-state index in [0.29, 0.717) is 18.0 Å². The second-order valence-corrected chi connectivity index (χ2v) is 4.22. The first-order valence-electron chi connectivity index (χ1n) is 5.42. The Morgan fingerprint density at radius 1 is 1.38 bits per heavy atom. The topological polar surface area (TPSA) is 14.2 Å². The molecular formula is C13H16FNO. The summed E-state index contributed by atoms with van der Waals surface area (Å²) < 4.78 is 21.0. The van der Waals surface area contributed by atoms with Crippen LogP contribution < -0.4 is 0 Å². The second kappa shape index (κ2) is 4.26. The summed E-state index contributed by atoms with van der Waals surface area (Å²) in [6.07, 6.45) is 1.97.